The average Bonchev–Trinajstić information content (AvgIpc) is 3.19. The Morgan fingerprint density at radius 3 is 2.16 bits per heavy atom. The lowest BCUT2D eigenvalue weighted by Crippen LogP contribution is -2.46. The van der Waals surface area contributed by atoms with E-state index in [2.05, 4.69) is 11.4 Å². The zero-order valence-electron chi connectivity index (χ0n) is 20.3. The van der Waals surface area contributed by atoms with E-state index in [1.807, 2.05) is 21.9 Å². The summed E-state index contributed by atoms with van der Waals surface area (Å²) in [5.74, 6) is 0.304. The molecule has 2 aromatic carbocycles. The van der Waals surface area contributed by atoms with Crippen LogP contribution in [-0.4, -0.2) is 47.9 Å². The van der Waals surface area contributed by atoms with Crippen molar-refractivity contribution in [3.8, 4) is 0 Å². The van der Waals surface area contributed by atoms with Crippen LogP contribution in [0.15, 0.2) is 36.4 Å². The number of carbonyl (C=O) groups is 1. The molecule has 2 aromatic rings. The van der Waals surface area contributed by atoms with Gasteiger partial charge < -0.3 is 10.2 Å². The molecule has 0 radical (unpaired) electrons. The molecular formula is C27H29F6N3O. The average molecular weight is 526 g/mol. The summed E-state index contributed by atoms with van der Waals surface area (Å²) in [6.07, 6.45) is -6.16. The Morgan fingerprint density at radius 2 is 1.57 bits per heavy atom. The Bertz CT molecular complexity index is 1120. The van der Waals surface area contributed by atoms with Crippen LogP contribution in [0.1, 0.15) is 69.8 Å². The van der Waals surface area contributed by atoms with Gasteiger partial charge in [0.05, 0.1) is 11.1 Å². The first-order valence-corrected chi connectivity index (χ1v) is 12.6. The summed E-state index contributed by atoms with van der Waals surface area (Å²) in [5.41, 5.74) is 0.356. The molecule has 1 N–H and O–H groups in total. The third-order valence-electron chi connectivity index (χ3n) is 7.79. The number of piperidine rings is 2. The van der Waals surface area contributed by atoms with E-state index in [0.717, 1.165) is 67.6 Å². The Balaban J connectivity index is 1.23. The van der Waals surface area contributed by atoms with Crippen LogP contribution in [0.2, 0.25) is 0 Å². The number of hydrogen-bond donors (Lipinski definition) is 1. The highest BCUT2D eigenvalue weighted by molar-refractivity contribution is 5.98. The van der Waals surface area contributed by atoms with Gasteiger partial charge >= 0.3 is 12.4 Å². The number of likely N-dealkylation sites (tertiary alicyclic amines) is 1. The van der Waals surface area contributed by atoms with Gasteiger partial charge in [-0.15, -0.1) is 0 Å². The molecule has 0 saturated carbocycles. The number of nitrogens with zero attached hydrogens (tertiary/aromatic N) is 2. The number of alkyl halides is 6. The predicted octanol–water partition coefficient (Wildman–Crippen LogP) is 5.81. The van der Waals surface area contributed by atoms with Gasteiger partial charge in [0.2, 0.25) is 0 Å². The maximum Gasteiger partial charge on any atom is 0.416 e. The van der Waals surface area contributed by atoms with E-state index >= 15 is 0 Å². The van der Waals surface area contributed by atoms with Crippen molar-refractivity contribution in [2.75, 3.05) is 26.2 Å². The van der Waals surface area contributed by atoms with Crippen LogP contribution in [-0.2, 0) is 25.4 Å². The van der Waals surface area contributed by atoms with E-state index in [4.69, 9.17) is 0 Å². The van der Waals surface area contributed by atoms with Gasteiger partial charge in [0.1, 0.15) is 0 Å². The van der Waals surface area contributed by atoms with E-state index < -0.39 is 23.5 Å². The molecule has 0 aromatic heterocycles. The molecule has 4 nitrogen and oxygen atoms in total. The highest BCUT2D eigenvalue weighted by Gasteiger charge is 2.37. The molecule has 0 aliphatic carbocycles. The SMILES string of the molecule is O=C1c2ccc(C3CCN(Cc4cc(C(F)(F)F)cc(C(F)(F)F)c4)CC3)cc2CN1C1CCCNC1. The minimum atomic E-state index is -4.85. The van der Waals surface area contributed by atoms with Crippen LogP contribution in [0.3, 0.4) is 0 Å². The van der Waals surface area contributed by atoms with E-state index in [1.54, 1.807) is 0 Å². The lowest BCUT2D eigenvalue weighted by atomic mass is 9.87. The fourth-order valence-electron chi connectivity index (χ4n) is 5.80. The smallest absolute Gasteiger partial charge is 0.330 e. The predicted molar refractivity (Wildman–Crippen MR) is 126 cm³/mol. The van der Waals surface area contributed by atoms with E-state index in [0.29, 0.717) is 19.6 Å². The van der Waals surface area contributed by atoms with Crippen molar-refractivity contribution >= 4 is 5.91 Å². The van der Waals surface area contributed by atoms with Crippen molar-refractivity contribution in [2.24, 2.45) is 0 Å². The fourth-order valence-corrected chi connectivity index (χ4v) is 5.80. The van der Waals surface area contributed by atoms with Gasteiger partial charge in [-0.2, -0.15) is 26.3 Å². The van der Waals surface area contributed by atoms with Crippen LogP contribution in [0.5, 0.6) is 0 Å². The number of halogens is 6. The summed E-state index contributed by atoms with van der Waals surface area (Å²) >= 11 is 0. The number of benzene rings is 2. The van der Waals surface area contributed by atoms with Gasteiger partial charge in [-0.05, 0) is 92.2 Å². The lowest BCUT2D eigenvalue weighted by molar-refractivity contribution is -0.143. The molecule has 1 unspecified atom stereocenters. The molecule has 1 amide bonds. The zero-order valence-corrected chi connectivity index (χ0v) is 20.3. The van der Waals surface area contributed by atoms with Crippen LogP contribution < -0.4 is 5.32 Å². The minimum Gasteiger partial charge on any atom is -0.330 e. The second-order valence-corrected chi connectivity index (χ2v) is 10.3. The molecule has 2 saturated heterocycles. The summed E-state index contributed by atoms with van der Waals surface area (Å²) < 4.78 is 79.2. The number of rotatable bonds is 4. The highest BCUT2D eigenvalue weighted by atomic mass is 19.4. The molecule has 3 aliphatic rings. The lowest BCUT2D eigenvalue weighted by Gasteiger charge is -2.32. The number of fused-ring (bicyclic) bond motifs is 1. The molecule has 10 heteroatoms. The largest absolute Gasteiger partial charge is 0.416 e. The zero-order chi connectivity index (χ0) is 26.4. The number of hydrogen-bond acceptors (Lipinski definition) is 3. The summed E-state index contributed by atoms with van der Waals surface area (Å²) in [6.45, 7) is 3.55. The fraction of sp³-hybridized carbons (Fsp3) is 0.519. The third kappa shape index (κ3) is 5.65. The second-order valence-electron chi connectivity index (χ2n) is 10.3. The van der Waals surface area contributed by atoms with E-state index in [9.17, 15) is 31.1 Å². The topological polar surface area (TPSA) is 35.6 Å². The first-order valence-electron chi connectivity index (χ1n) is 12.6. The molecule has 2 fully saturated rings. The third-order valence-corrected chi connectivity index (χ3v) is 7.79. The summed E-state index contributed by atoms with van der Waals surface area (Å²) in [7, 11) is 0. The quantitative estimate of drug-likeness (QED) is 0.512. The Kier molecular flexibility index (Phi) is 7.00. The first kappa shape index (κ1) is 26.0. The maximum absolute atomic E-state index is 13.2. The van der Waals surface area contributed by atoms with Gasteiger partial charge in [0.25, 0.3) is 5.91 Å². The summed E-state index contributed by atoms with van der Waals surface area (Å²) in [6, 6.07) is 7.98. The molecule has 0 bridgehead atoms. The van der Waals surface area contributed by atoms with Crippen LogP contribution in [0, 0.1) is 0 Å². The highest BCUT2D eigenvalue weighted by Crippen LogP contribution is 2.38. The molecule has 200 valence electrons. The Morgan fingerprint density at radius 1 is 0.892 bits per heavy atom. The summed E-state index contributed by atoms with van der Waals surface area (Å²) in [4.78, 5) is 16.8. The van der Waals surface area contributed by atoms with Crippen molar-refractivity contribution < 1.29 is 31.1 Å². The molecule has 5 rings (SSSR count). The number of amides is 1. The van der Waals surface area contributed by atoms with Crippen molar-refractivity contribution in [1.82, 2.24) is 15.1 Å². The maximum atomic E-state index is 13.2. The monoisotopic (exact) mass is 525 g/mol. The van der Waals surface area contributed by atoms with Crippen LogP contribution >= 0.6 is 0 Å². The van der Waals surface area contributed by atoms with Crippen molar-refractivity contribution in [3.05, 3.63) is 69.8 Å². The van der Waals surface area contributed by atoms with Gasteiger partial charge in [-0.25, -0.2) is 0 Å². The second kappa shape index (κ2) is 9.94. The van der Waals surface area contributed by atoms with Crippen LogP contribution in [0.25, 0.3) is 0 Å². The molecule has 1 atom stereocenters. The number of nitrogens with one attached hydrogen (secondary N) is 1. The van der Waals surface area contributed by atoms with Crippen molar-refractivity contribution in [1.29, 1.82) is 0 Å². The van der Waals surface area contributed by atoms with Crippen LogP contribution in [0.4, 0.5) is 26.3 Å². The van der Waals surface area contributed by atoms with Gasteiger partial charge in [-0.1, -0.05) is 12.1 Å². The normalized spacial score (nSPS) is 21.9. The number of carbonyl (C=O) groups excluding carboxylic acids is 1. The standard InChI is InChI=1S/C27H29F6N3O/c28-26(29,30)21-10-17(11-22(13-21)27(31,32)33)15-35-8-5-18(6-9-35)19-3-4-24-20(12-19)16-36(25(24)37)23-2-1-7-34-14-23/h3-4,10-13,18,23,34H,1-2,5-9,14-16H2. The Labute approximate surface area is 211 Å². The molecule has 0 spiro atoms. The van der Waals surface area contributed by atoms with Crippen molar-refractivity contribution in [3.63, 3.8) is 0 Å². The van der Waals surface area contributed by atoms with Crippen molar-refractivity contribution in [2.45, 2.75) is 63.1 Å². The van der Waals surface area contributed by atoms with Gasteiger partial charge in [-0.3, -0.25) is 9.69 Å². The van der Waals surface area contributed by atoms with E-state index in [-0.39, 0.29) is 36.0 Å². The first-order chi connectivity index (χ1) is 17.5. The minimum absolute atomic E-state index is 0.00828. The molecule has 3 aliphatic heterocycles. The van der Waals surface area contributed by atoms with Gasteiger partial charge in [0.15, 0.2) is 0 Å². The van der Waals surface area contributed by atoms with Gasteiger partial charge in [0, 0.05) is 31.2 Å². The molecule has 37 heavy (non-hydrogen) atoms. The Hall–Kier alpha value is -2.59. The van der Waals surface area contributed by atoms with E-state index in [1.165, 1.54) is 0 Å². The summed E-state index contributed by atoms with van der Waals surface area (Å²) in [5, 5.41) is 3.35. The molecular weight excluding hydrogens is 496 g/mol. The molecule has 3 heterocycles.